The van der Waals surface area contributed by atoms with Crippen molar-refractivity contribution in [3.63, 3.8) is 0 Å². The number of carbonyl (C=O) groups excluding carboxylic acids is 2. The highest BCUT2D eigenvalue weighted by Crippen LogP contribution is 2.37. The maximum Gasteiger partial charge on any atom is 0.418 e. The van der Waals surface area contributed by atoms with Crippen molar-refractivity contribution in [3.05, 3.63) is 72.3 Å². The zero-order chi connectivity index (χ0) is 30.1. The van der Waals surface area contributed by atoms with Gasteiger partial charge in [0.2, 0.25) is 0 Å². The monoisotopic (exact) mass is 587 g/mol. The van der Waals surface area contributed by atoms with Crippen LogP contribution in [0.3, 0.4) is 0 Å². The predicted octanol–water partition coefficient (Wildman–Crippen LogP) is 5.47. The van der Waals surface area contributed by atoms with Crippen LogP contribution < -0.4 is 30.3 Å². The van der Waals surface area contributed by atoms with Crippen LogP contribution in [0.2, 0.25) is 0 Å². The Morgan fingerprint density at radius 3 is 2.21 bits per heavy atom. The van der Waals surface area contributed by atoms with Gasteiger partial charge >= 0.3 is 18.2 Å². The van der Waals surface area contributed by atoms with Gasteiger partial charge in [-0.3, -0.25) is 0 Å². The third kappa shape index (κ3) is 8.19. The molecule has 3 aromatic carbocycles. The summed E-state index contributed by atoms with van der Waals surface area (Å²) in [4.78, 5) is 28.7. The van der Waals surface area contributed by atoms with Gasteiger partial charge in [0.1, 0.15) is 18.1 Å². The predicted molar refractivity (Wildman–Crippen MR) is 154 cm³/mol. The molecule has 4 N–H and O–H groups in total. The van der Waals surface area contributed by atoms with Gasteiger partial charge in [-0.05, 0) is 61.5 Å². The van der Waals surface area contributed by atoms with Gasteiger partial charge in [-0.15, -0.1) is 0 Å². The standard InChI is InChI=1S/C29H32F3N5O5/c1-2-41-23-5-3-4-21(18-23)34-27(39)33-20-6-8-22(9-7-20)36-12-14-37(15-13-36)28(40)35-26-11-10-24(42-17-16-38)19-25(26)29(30,31)32/h3-11,18-19,38H,2,12-17H2,1H3,(H,35,40)(H2,33,34,39). The fourth-order valence-corrected chi connectivity index (χ4v) is 4.36. The van der Waals surface area contributed by atoms with E-state index < -0.39 is 23.8 Å². The number of urea groups is 2. The molecule has 0 unspecified atom stereocenters. The van der Waals surface area contributed by atoms with E-state index in [2.05, 4.69) is 16.0 Å². The molecule has 1 aliphatic heterocycles. The Morgan fingerprint density at radius 2 is 1.55 bits per heavy atom. The van der Waals surface area contributed by atoms with Crippen LogP contribution >= 0.6 is 0 Å². The molecule has 13 heteroatoms. The Morgan fingerprint density at radius 1 is 0.857 bits per heavy atom. The van der Waals surface area contributed by atoms with E-state index in [1.165, 1.54) is 11.0 Å². The van der Waals surface area contributed by atoms with Crippen molar-refractivity contribution in [2.24, 2.45) is 0 Å². The molecule has 0 atom stereocenters. The molecule has 0 bridgehead atoms. The number of piperazine rings is 1. The van der Waals surface area contributed by atoms with E-state index in [4.69, 9.17) is 14.6 Å². The number of amides is 4. The largest absolute Gasteiger partial charge is 0.494 e. The van der Waals surface area contributed by atoms with Crippen LogP contribution in [0.15, 0.2) is 66.7 Å². The average molecular weight is 588 g/mol. The summed E-state index contributed by atoms with van der Waals surface area (Å²) in [7, 11) is 0. The van der Waals surface area contributed by atoms with Crippen LogP contribution in [-0.2, 0) is 6.18 Å². The Kier molecular flexibility index (Phi) is 9.97. The minimum Gasteiger partial charge on any atom is -0.494 e. The third-order valence-corrected chi connectivity index (χ3v) is 6.36. The molecule has 0 aromatic heterocycles. The molecule has 0 radical (unpaired) electrons. The molecule has 4 rings (SSSR count). The summed E-state index contributed by atoms with van der Waals surface area (Å²) in [5.74, 6) is 0.597. The van der Waals surface area contributed by atoms with Gasteiger partial charge in [0.25, 0.3) is 0 Å². The number of nitrogens with one attached hydrogen (secondary N) is 3. The first-order valence-electron chi connectivity index (χ1n) is 13.3. The van der Waals surface area contributed by atoms with E-state index >= 15 is 0 Å². The van der Waals surface area contributed by atoms with E-state index in [1.807, 2.05) is 24.0 Å². The highest BCUT2D eigenvalue weighted by molar-refractivity contribution is 6.00. The first-order chi connectivity index (χ1) is 20.2. The van der Waals surface area contributed by atoms with E-state index in [9.17, 15) is 22.8 Å². The molecule has 0 saturated carbocycles. The maximum atomic E-state index is 13.6. The number of anilines is 4. The van der Waals surface area contributed by atoms with Gasteiger partial charge in [0, 0.05) is 49.3 Å². The van der Waals surface area contributed by atoms with Crippen molar-refractivity contribution in [2.45, 2.75) is 13.1 Å². The number of hydrogen-bond acceptors (Lipinski definition) is 6. The van der Waals surface area contributed by atoms with Crippen LogP contribution in [-0.4, -0.2) is 68.1 Å². The molecular weight excluding hydrogens is 555 g/mol. The highest BCUT2D eigenvalue weighted by atomic mass is 19.4. The minimum absolute atomic E-state index is 0.0582. The van der Waals surface area contributed by atoms with Crippen molar-refractivity contribution >= 4 is 34.8 Å². The summed E-state index contributed by atoms with van der Waals surface area (Å²) < 4.78 is 51.4. The van der Waals surface area contributed by atoms with Gasteiger partial charge in [0.15, 0.2) is 0 Å². The van der Waals surface area contributed by atoms with Crippen LogP contribution in [0.4, 0.5) is 45.5 Å². The molecule has 3 aromatic rings. The normalized spacial score (nSPS) is 13.4. The summed E-state index contributed by atoms with van der Waals surface area (Å²) in [5.41, 5.74) is 0.647. The third-order valence-electron chi connectivity index (χ3n) is 6.36. The number of nitrogens with zero attached hydrogens (tertiary/aromatic N) is 2. The van der Waals surface area contributed by atoms with E-state index in [0.717, 1.165) is 17.8 Å². The molecule has 1 saturated heterocycles. The highest BCUT2D eigenvalue weighted by Gasteiger charge is 2.35. The zero-order valence-corrected chi connectivity index (χ0v) is 22.9. The lowest BCUT2D eigenvalue weighted by Crippen LogP contribution is -2.50. The minimum atomic E-state index is -4.71. The van der Waals surface area contributed by atoms with E-state index in [1.54, 1.807) is 36.4 Å². The Hall–Kier alpha value is -4.65. The van der Waals surface area contributed by atoms with Gasteiger partial charge in [-0.25, -0.2) is 9.59 Å². The van der Waals surface area contributed by atoms with Crippen molar-refractivity contribution in [3.8, 4) is 11.5 Å². The molecule has 42 heavy (non-hydrogen) atoms. The number of rotatable bonds is 9. The molecular formula is C29H32F3N5O5. The Bertz CT molecular complexity index is 1360. The molecule has 224 valence electrons. The summed E-state index contributed by atoms with van der Waals surface area (Å²) in [6.07, 6.45) is -4.71. The lowest BCUT2D eigenvalue weighted by molar-refractivity contribution is -0.137. The lowest BCUT2D eigenvalue weighted by atomic mass is 10.1. The Labute approximate surface area is 241 Å². The number of aliphatic hydroxyl groups excluding tert-OH is 1. The van der Waals surface area contributed by atoms with Crippen LogP contribution in [0.1, 0.15) is 12.5 Å². The van der Waals surface area contributed by atoms with E-state index in [-0.39, 0.29) is 24.7 Å². The summed E-state index contributed by atoms with van der Waals surface area (Å²) in [6.45, 7) is 3.45. The Balaban J connectivity index is 1.29. The summed E-state index contributed by atoms with van der Waals surface area (Å²) in [6, 6.07) is 16.5. The van der Waals surface area contributed by atoms with Gasteiger partial charge in [-0.1, -0.05) is 6.07 Å². The van der Waals surface area contributed by atoms with Gasteiger partial charge in [0.05, 0.1) is 24.5 Å². The van der Waals surface area contributed by atoms with Crippen LogP contribution in [0.5, 0.6) is 11.5 Å². The SMILES string of the molecule is CCOc1cccc(NC(=O)Nc2ccc(N3CCN(C(=O)Nc4ccc(OCCO)cc4C(F)(F)F)CC3)cc2)c1. The number of benzene rings is 3. The number of ether oxygens (including phenoxy) is 2. The summed E-state index contributed by atoms with van der Waals surface area (Å²) in [5, 5.41) is 16.7. The lowest BCUT2D eigenvalue weighted by Gasteiger charge is -2.36. The fourth-order valence-electron chi connectivity index (χ4n) is 4.36. The number of halogens is 3. The smallest absolute Gasteiger partial charge is 0.418 e. The number of carbonyl (C=O) groups is 2. The first kappa shape index (κ1) is 30.3. The first-order valence-corrected chi connectivity index (χ1v) is 13.3. The zero-order valence-electron chi connectivity index (χ0n) is 22.9. The summed E-state index contributed by atoms with van der Waals surface area (Å²) >= 11 is 0. The number of aliphatic hydroxyl groups is 1. The number of alkyl halides is 3. The second-order valence-electron chi connectivity index (χ2n) is 9.27. The van der Waals surface area contributed by atoms with Crippen molar-refractivity contribution in [2.75, 3.05) is 66.8 Å². The maximum absolute atomic E-state index is 13.6. The second kappa shape index (κ2) is 13.8. The topological polar surface area (TPSA) is 115 Å². The fraction of sp³-hybridized carbons (Fsp3) is 0.310. The van der Waals surface area contributed by atoms with Crippen LogP contribution in [0, 0.1) is 0 Å². The molecule has 1 heterocycles. The van der Waals surface area contributed by atoms with Crippen molar-refractivity contribution in [1.29, 1.82) is 0 Å². The molecule has 10 nitrogen and oxygen atoms in total. The number of hydrogen-bond donors (Lipinski definition) is 4. The average Bonchev–Trinajstić information content (AvgIpc) is 2.97. The van der Waals surface area contributed by atoms with Crippen LogP contribution in [0.25, 0.3) is 0 Å². The van der Waals surface area contributed by atoms with Crippen molar-refractivity contribution < 1.29 is 37.3 Å². The van der Waals surface area contributed by atoms with E-state index in [0.29, 0.717) is 49.9 Å². The molecule has 4 amide bonds. The molecule has 1 aliphatic rings. The molecule has 1 fully saturated rings. The quantitative estimate of drug-likeness (QED) is 0.264. The molecule has 0 aliphatic carbocycles. The van der Waals surface area contributed by atoms with Gasteiger partial charge in [-0.2, -0.15) is 13.2 Å². The second-order valence-corrected chi connectivity index (χ2v) is 9.27. The van der Waals surface area contributed by atoms with Crippen molar-refractivity contribution in [1.82, 2.24) is 4.90 Å². The molecule has 0 spiro atoms. The van der Waals surface area contributed by atoms with Gasteiger partial charge < -0.3 is 40.3 Å².